The van der Waals surface area contributed by atoms with Crippen LogP contribution in [0.3, 0.4) is 0 Å². The standard InChI is InChI=1S/C10H18S3/c1-3-5-9-12-13-10-6-8-11-7-4-2/h4,6,10H,2-3,5,7-9H2,1H3. The predicted octanol–water partition coefficient (Wildman–Crippen LogP) is 4.60. The van der Waals surface area contributed by atoms with Crippen LogP contribution in [-0.4, -0.2) is 17.3 Å². The van der Waals surface area contributed by atoms with E-state index < -0.39 is 0 Å². The Labute approximate surface area is 94.4 Å². The third-order valence-corrected chi connectivity index (χ3v) is 4.29. The first-order valence-corrected chi connectivity index (χ1v) is 8.07. The second kappa shape index (κ2) is 12.5. The van der Waals surface area contributed by atoms with E-state index in [0.29, 0.717) is 0 Å². The molecule has 0 radical (unpaired) electrons. The molecule has 76 valence electrons. The molecule has 0 atom stereocenters. The third kappa shape index (κ3) is 12.5. The van der Waals surface area contributed by atoms with Crippen LogP contribution in [0.1, 0.15) is 19.8 Å². The molecule has 0 nitrogen and oxygen atoms in total. The molecule has 0 saturated heterocycles. The van der Waals surface area contributed by atoms with Gasteiger partial charge in [0.2, 0.25) is 0 Å². The van der Waals surface area contributed by atoms with Crippen molar-refractivity contribution < 1.29 is 0 Å². The van der Waals surface area contributed by atoms with Crippen LogP contribution in [0.5, 0.6) is 0 Å². The van der Waals surface area contributed by atoms with Gasteiger partial charge in [0, 0.05) is 17.3 Å². The van der Waals surface area contributed by atoms with Gasteiger partial charge in [0.1, 0.15) is 0 Å². The minimum Gasteiger partial charge on any atom is -0.154 e. The molecule has 0 aromatic heterocycles. The van der Waals surface area contributed by atoms with Crippen molar-refractivity contribution >= 4 is 33.3 Å². The third-order valence-electron chi connectivity index (χ3n) is 1.25. The van der Waals surface area contributed by atoms with Gasteiger partial charge in [0.15, 0.2) is 0 Å². The molecule has 0 fully saturated rings. The topological polar surface area (TPSA) is 0 Å². The number of hydrogen-bond acceptors (Lipinski definition) is 3. The molecule has 0 bridgehead atoms. The van der Waals surface area contributed by atoms with Crippen molar-refractivity contribution in [1.82, 2.24) is 0 Å². The van der Waals surface area contributed by atoms with Gasteiger partial charge in [-0.05, 0) is 11.8 Å². The zero-order valence-electron chi connectivity index (χ0n) is 8.20. The van der Waals surface area contributed by atoms with Crippen molar-refractivity contribution in [3.05, 3.63) is 24.1 Å². The second-order valence-corrected chi connectivity index (χ2v) is 5.94. The molecule has 0 rings (SSSR count). The predicted molar refractivity (Wildman–Crippen MR) is 71.6 cm³/mol. The Morgan fingerprint density at radius 3 is 2.85 bits per heavy atom. The van der Waals surface area contributed by atoms with Crippen molar-refractivity contribution in [2.75, 3.05) is 17.3 Å². The summed E-state index contributed by atoms with van der Waals surface area (Å²) >= 11 is 1.89. The molecule has 0 aliphatic carbocycles. The summed E-state index contributed by atoms with van der Waals surface area (Å²) in [7, 11) is 3.79. The van der Waals surface area contributed by atoms with Gasteiger partial charge in [-0.3, -0.25) is 0 Å². The van der Waals surface area contributed by atoms with Crippen LogP contribution < -0.4 is 0 Å². The van der Waals surface area contributed by atoms with Crippen molar-refractivity contribution in [1.29, 1.82) is 0 Å². The van der Waals surface area contributed by atoms with Crippen LogP contribution in [0, 0.1) is 0 Å². The molecule has 0 saturated carbocycles. The van der Waals surface area contributed by atoms with E-state index in [9.17, 15) is 0 Å². The zero-order valence-corrected chi connectivity index (χ0v) is 10.6. The summed E-state index contributed by atoms with van der Waals surface area (Å²) < 4.78 is 0. The Morgan fingerprint density at radius 2 is 2.15 bits per heavy atom. The van der Waals surface area contributed by atoms with Crippen molar-refractivity contribution in [3.8, 4) is 0 Å². The van der Waals surface area contributed by atoms with E-state index in [4.69, 9.17) is 0 Å². The van der Waals surface area contributed by atoms with Crippen LogP contribution in [-0.2, 0) is 0 Å². The Morgan fingerprint density at radius 1 is 1.31 bits per heavy atom. The smallest absolute Gasteiger partial charge is 0.0124 e. The fourth-order valence-corrected chi connectivity index (χ4v) is 3.12. The molecule has 0 aliphatic rings. The first-order valence-electron chi connectivity index (χ1n) is 4.53. The van der Waals surface area contributed by atoms with E-state index in [1.54, 1.807) is 0 Å². The molecule has 0 unspecified atom stereocenters. The maximum atomic E-state index is 3.67. The molecule has 0 aromatic carbocycles. The molecular weight excluding hydrogens is 216 g/mol. The van der Waals surface area contributed by atoms with Crippen molar-refractivity contribution in [2.24, 2.45) is 0 Å². The lowest BCUT2D eigenvalue weighted by atomic mass is 10.4. The molecule has 0 aliphatic heterocycles. The summed E-state index contributed by atoms with van der Waals surface area (Å²) in [5.74, 6) is 3.43. The van der Waals surface area contributed by atoms with Crippen LogP contribution >= 0.6 is 33.3 Å². The molecule has 0 aromatic rings. The highest BCUT2D eigenvalue weighted by Gasteiger charge is 1.84. The van der Waals surface area contributed by atoms with Crippen molar-refractivity contribution in [2.45, 2.75) is 19.8 Å². The Hall–Kier alpha value is 0.530. The summed E-state index contributed by atoms with van der Waals surface area (Å²) in [4.78, 5) is 0. The highest BCUT2D eigenvalue weighted by molar-refractivity contribution is 8.77. The average molecular weight is 234 g/mol. The van der Waals surface area contributed by atoms with E-state index in [1.807, 2.05) is 39.4 Å². The lowest BCUT2D eigenvalue weighted by Gasteiger charge is -1.93. The summed E-state index contributed by atoms with van der Waals surface area (Å²) in [6, 6.07) is 0. The molecule has 0 amide bonds. The fraction of sp³-hybridized carbons (Fsp3) is 0.600. The Balaban J connectivity index is 2.98. The highest BCUT2D eigenvalue weighted by Crippen LogP contribution is 2.23. The Kier molecular flexibility index (Phi) is 13.0. The van der Waals surface area contributed by atoms with Crippen molar-refractivity contribution in [3.63, 3.8) is 0 Å². The quantitative estimate of drug-likeness (QED) is 0.325. The highest BCUT2D eigenvalue weighted by atomic mass is 33.1. The lowest BCUT2D eigenvalue weighted by molar-refractivity contribution is 0.898. The first kappa shape index (κ1) is 13.5. The van der Waals surface area contributed by atoms with Crippen LogP contribution in [0.2, 0.25) is 0 Å². The largest absolute Gasteiger partial charge is 0.154 e. The summed E-state index contributed by atoms with van der Waals surface area (Å²) in [6.07, 6.45) is 6.79. The fourth-order valence-electron chi connectivity index (χ4n) is 0.589. The van der Waals surface area contributed by atoms with Crippen LogP contribution in [0.25, 0.3) is 0 Å². The maximum absolute atomic E-state index is 3.67. The average Bonchev–Trinajstić information content (AvgIpc) is 2.16. The van der Waals surface area contributed by atoms with E-state index in [0.717, 1.165) is 11.5 Å². The molecule has 0 spiro atoms. The minimum absolute atomic E-state index is 1.05. The van der Waals surface area contributed by atoms with Gasteiger partial charge in [-0.25, -0.2) is 0 Å². The van der Waals surface area contributed by atoms with Gasteiger partial charge < -0.3 is 0 Å². The van der Waals surface area contributed by atoms with Gasteiger partial charge in [-0.1, -0.05) is 47.1 Å². The number of rotatable bonds is 9. The second-order valence-electron chi connectivity index (χ2n) is 2.47. The molecule has 0 heterocycles. The van der Waals surface area contributed by atoms with E-state index in [1.165, 1.54) is 18.6 Å². The normalized spacial score (nSPS) is 10.8. The summed E-state index contributed by atoms with van der Waals surface area (Å²) in [6.45, 7) is 5.90. The van der Waals surface area contributed by atoms with Gasteiger partial charge in [0.25, 0.3) is 0 Å². The Bertz CT molecular complexity index is 132. The SMILES string of the molecule is C=CCSCC=CSSCCCC. The van der Waals surface area contributed by atoms with Crippen LogP contribution in [0.15, 0.2) is 24.1 Å². The number of thioether (sulfide) groups is 1. The van der Waals surface area contributed by atoms with E-state index in [-0.39, 0.29) is 0 Å². The van der Waals surface area contributed by atoms with Crippen LogP contribution in [0.4, 0.5) is 0 Å². The van der Waals surface area contributed by atoms with Gasteiger partial charge in [-0.15, -0.1) is 6.58 Å². The number of unbranched alkanes of at least 4 members (excludes halogenated alkanes) is 1. The monoisotopic (exact) mass is 234 g/mol. The minimum atomic E-state index is 1.05. The van der Waals surface area contributed by atoms with Gasteiger partial charge in [0.05, 0.1) is 0 Å². The maximum Gasteiger partial charge on any atom is 0.0124 e. The van der Waals surface area contributed by atoms with Gasteiger partial charge in [-0.2, -0.15) is 11.8 Å². The molecular formula is C10H18S3. The van der Waals surface area contributed by atoms with E-state index >= 15 is 0 Å². The molecule has 0 N–H and O–H groups in total. The lowest BCUT2D eigenvalue weighted by Crippen LogP contribution is -1.72. The zero-order chi connectivity index (χ0) is 9.78. The molecule has 13 heavy (non-hydrogen) atoms. The number of hydrogen-bond donors (Lipinski definition) is 0. The van der Waals surface area contributed by atoms with E-state index in [2.05, 4.69) is 25.0 Å². The molecule has 3 heteroatoms. The summed E-state index contributed by atoms with van der Waals surface area (Å²) in [5.41, 5.74) is 0. The van der Waals surface area contributed by atoms with Gasteiger partial charge >= 0.3 is 0 Å². The summed E-state index contributed by atoms with van der Waals surface area (Å²) in [5, 5.41) is 2.19. The first-order chi connectivity index (χ1) is 6.41.